The van der Waals surface area contributed by atoms with E-state index in [0.717, 1.165) is 89.0 Å². The zero-order chi connectivity index (χ0) is 20.8. The fourth-order valence-corrected chi connectivity index (χ4v) is 5.85. The second-order valence-corrected chi connectivity index (χ2v) is 9.68. The van der Waals surface area contributed by atoms with E-state index >= 15 is 0 Å². The van der Waals surface area contributed by atoms with Crippen LogP contribution in [-0.2, 0) is 30.8 Å². The Labute approximate surface area is 182 Å². The van der Waals surface area contributed by atoms with E-state index in [2.05, 4.69) is 31.6 Å². The highest BCUT2D eigenvalue weighted by molar-refractivity contribution is 5.22. The van der Waals surface area contributed by atoms with Crippen LogP contribution in [0.25, 0.3) is 0 Å². The molecule has 2 aromatic heterocycles. The highest BCUT2D eigenvalue weighted by Gasteiger charge is 2.31. The topological polar surface area (TPSA) is 77.2 Å². The molecule has 0 unspecified atom stereocenters. The highest BCUT2D eigenvalue weighted by Crippen LogP contribution is 2.32. The number of pyridine rings is 1. The molecular weight excluding hydrogens is 392 g/mol. The quantitative estimate of drug-likeness (QED) is 0.795. The molecule has 0 aliphatic carbocycles. The van der Waals surface area contributed by atoms with E-state index in [-0.39, 0.29) is 5.56 Å². The van der Waals surface area contributed by atoms with E-state index in [4.69, 9.17) is 14.8 Å². The molecule has 2 atom stereocenters. The summed E-state index contributed by atoms with van der Waals surface area (Å²) in [5, 5.41) is 8.36. The smallest absolute Gasteiger partial charge is 0.255 e. The van der Waals surface area contributed by atoms with Gasteiger partial charge in [0.15, 0.2) is 5.82 Å². The van der Waals surface area contributed by atoms with Crippen LogP contribution in [0.3, 0.4) is 0 Å². The van der Waals surface area contributed by atoms with Gasteiger partial charge in [-0.2, -0.15) is 5.10 Å². The third-order valence-electron chi connectivity index (χ3n) is 7.61. The largest absolute Gasteiger partial charge is 0.381 e. The predicted molar refractivity (Wildman–Crippen MR) is 116 cm³/mol. The zero-order valence-corrected chi connectivity index (χ0v) is 18.1. The maximum absolute atomic E-state index is 13.3. The number of rotatable bonds is 3. The van der Waals surface area contributed by atoms with Crippen molar-refractivity contribution < 1.29 is 4.74 Å². The normalized spacial score (nSPS) is 26.8. The lowest BCUT2D eigenvalue weighted by atomic mass is 9.84. The molecule has 0 radical (unpaired) electrons. The van der Waals surface area contributed by atoms with E-state index in [1.54, 1.807) is 0 Å². The van der Waals surface area contributed by atoms with Crippen molar-refractivity contribution >= 4 is 0 Å². The molecule has 2 saturated heterocycles. The van der Waals surface area contributed by atoms with Crippen molar-refractivity contribution in [3.8, 4) is 0 Å². The number of aromatic nitrogens is 4. The highest BCUT2D eigenvalue weighted by atomic mass is 16.5. The summed E-state index contributed by atoms with van der Waals surface area (Å²) in [6.45, 7) is 7.90. The monoisotopic (exact) mass is 424 g/mol. The second kappa shape index (κ2) is 8.15. The second-order valence-electron chi connectivity index (χ2n) is 9.68. The number of nitrogens with one attached hydrogen (secondary N) is 1. The van der Waals surface area contributed by atoms with Crippen molar-refractivity contribution in [2.24, 2.45) is 5.92 Å². The number of hydrogen-bond donors (Lipinski definition) is 1. The minimum Gasteiger partial charge on any atom is -0.381 e. The van der Waals surface area contributed by atoms with Gasteiger partial charge in [-0.25, -0.2) is 9.67 Å². The van der Waals surface area contributed by atoms with Crippen LogP contribution in [0, 0.1) is 5.92 Å². The average molecular weight is 425 g/mol. The number of ether oxygens (including phenoxy) is 1. The van der Waals surface area contributed by atoms with Crippen LogP contribution in [0.1, 0.15) is 54.0 Å². The number of nitrogens with zero attached hydrogens (tertiary/aromatic N) is 5. The molecule has 4 aliphatic heterocycles. The van der Waals surface area contributed by atoms with Crippen LogP contribution in [0.15, 0.2) is 16.9 Å². The van der Waals surface area contributed by atoms with Crippen molar-refractivity contribution in [1.82, 2.24) is 29.5 Å². The average Bonchev–Trinajstić information content (AvgIpc) is 3.12. The van der Waals surface area contributed by atoms with Crippen molar-refractivity contribution in [2.75, 3.05) is 39.4 Å². The minimum atomic E-state index is 0.219. The van der Waals surface area contributed by atoms with E-state index < -0.39 is 0 Å². The predicted octanol–water partition coefficient (Wildman–Crippen LogP) is 1.10. The van der Waals surface area contributed by atoms with E-state index in [9.17, 15) is 4.79 Å². The van der Waals surface area contributed by atoms with Gasteiger partial charge in [0, 0.05) is 75.5 Å². The van der Waals surface area contributed by atoms with Gasteiger partial charge in [0.05, 0.1) is 6.54 Å². The van der Waals surface area contributed by atoms with Gasteiger partial charge in [0.1, 0.15) is 5.82 Å². The molecular formula is C23H32N6O2. The van der Waals surface area contributed by atoms with Crippen LogP contribution in [0.2, 0.25) is 0 Å². The standard InChI is InChI=1S/C23H32N6O2/c30-23-18(1-2-20-19-11-16(12-24-13-19)14-28(20)23)15-27-6-3-21-25-22(26-29(21)8-7-27)17-4-9-31-10-5-17/h1-2,16-17,19,24H,3-15H2/t16-,19+/m0/s1. The van der Waals surface area contributed by atoms with Crippen molar-refractivity contribution in [1.29, 1.82) is 0 Å². The zero-order valence-electron chi connectivity index (χ0n) is 18.1. The van der Waals surface area contributed by atoms with Crippen molar-refractivity contribution in [3.63, 3.8) is 0 Å². The Hall–Kier alpha value is -2.03. The Kier molecular flexibility index (Phi) is 5.16. The van der Waals surface area contributed by atoms with Crippen LogP contribution in [0.5, 0.6) is 0 Å². The van der Waals surface area contributed by atoms with Gasteiger partial charge in [-0.3, -0.25) is 9.69 Å². The Bertz CT molecular complexity index is 982. The summed E-state index contributed by atoms with van der Waals surface area (Å²) in [5.41, 5.74) is 2.36. The molecule has 0 aromatic carbocycles. The molecule has 0 saturated carbocycles. The third kappa shape index (κ3) is 3.75. The van der Waals surface area contributed by atoms with Crippen LogP contribution < -0.4 is 10.9 Å². The molecule has 4 aliphatic rings. The maximum Gasteiger partial charge on any atom is 0.255 e. The molecule has 31 heavy (non-hydrogen) atoms. The first-order chi connectivity index (χ1) is 15.2. The summed E-state index contributed by atoms with van der Waals surface area (Å²) in [6.07, 6.45) is 4.15. The molecule has 8 nitrogen and oxygen atoms in total. The lowest BCUT2D eigenvalue weighted by Gasteiger charge is -2.37. The van der Waals surface area contributed by atoms with E-state index in [1.165, 1.54) is 12.1 Å². The minimum absolute atomic E-state index is 0.219. The SMILES string of the molecule is O=c1c(CN2CCc3nc(C4CCOCC4)nn3CC2)ccc2n1C[C@@H]1CNC[C@H]2C1. The Morgan fingerprint density at radius 3 is 2.90 bits per heavy atom. The van der Waals surface area contributed by atoms with Gasteiger partial charge >= 0.3 is 0 Å². The summed E-state index contributed by atoms with van der Waals surface area (Å²) in [6, 6.07) is 4.28. The van der Waals surface area contributed by atoms with Gasteiger partial charge in [0.2, 0.25) is 0 Å². The van der Waals surface area contributed by atoms with Gasteiger partial charge in [-0.1, -0.05) is 6.07 Å². The molecule has 2 fully saturated rings. The first-order valence-corrected chi connectivity index (χ1v) is 11.9. The summed E-state index contributed by atoms with van der Waals surface area (Å²) in [7, 11) is 0. The lowest BCUT2D eigenvalue weighted by molar-refractivity contribution is 0.0835. The fraction of sp³-hybridized carbons (Fsp3) is 0.696. The maximum atomic E-state index is 13.3. The molecule has 6 heterocycles. The molecule has 0 spiro atoms. The fourth-order valence-electron chi connectivity index (χ4n) is 5.85. The molecule has 2 bridgehead atoms. The summed E-state index contributed by atoms with van der Waals surface area (Å²) < 4.78 is 9.65. The molecule has 0 amide bonds. The van der Waals surface area contributed by atoms with Gasteiger partial charge in [-0.15, -0.1) is 0 Å². The molecule has 166 valence electrons. The number of hydrogen-bond acceptors (Lipinski definition) is 6. The van der Waals surface area contributed by atoms with Gasteiger partial charge in [-0.05, 0) is 37.8 Å². The summed E-state index contributed by atoms with van der Waals surface area (Å²) in [4.78, 5) is 20.5. The van der Waals surface area contributed by atoms with Crippen LogP contribution in [-0.4, -0.2) is 63.6 Å². The van der Waals surface area contributed by atoms with Gasteiger partial charge < -0.3 is 14.6 Å². The Morgan fingerprint density at radius 2 is 2.00 bits per heavy atom. The van der Waals surface area contributed by atoms with Gasteiger partial charge in [0.25, 0.3) is 5.56 Å². The van der Waals surface area contributed by atoms with Crippen LogP contribution >= 0.6 is 0 Å². The summed E-state index contributed by atoms with van der Waals surface area (Å²) in [5.74, 6) is 3.60. The van der Waals surface area contributed by atoms with Crippen molar-refractivity contribution in [3.05, 3.63) is 45.4 Å². The summed E-state index contributed by atoms with van der Waals surface area (Å²) >= 11 is 0. The third-order valence-corrected chi connectivity index (χ3v) is 7.61. The number of fused-ring (bicyclic) bond motifs is 5. The lowest BCUT2D eigenvalue weighted by Crippen LogP contribution is -2.45. The molecule has 6 rings (SSSR count). The van der Waals surface area contributed by atoms with E-state index in [1.807, 2.05) is 0 Å². The molecule has 8 heteroatoms. The van der Waals surface area contributed by atoms with Crippen molar-refractivity contribution in [2.45, 2.75) is 57.2 Å². The molecule has 1 N–H and O–H groups in total. The Morgan fingerprint density at radius 1 is 1.10 bits per heavy atom. The molecule has 2 aromatic rings. The first-order valence-electron chi connectivity index (χ1n) is 11.9. The number of piperidine rings is 1. The Balaban J connectivity index is 1.15. The van der Waals surface area contributed by atoms with E-state index in [0.29, 0.717) is 24.3 Å². The first kappa shape index (κ1) is 19.6. The van der Waals surface area contributed by atoms with Crippen LogP contribution in [0.4, 0.5) is 0 Å².